The first-order valence-electron chi connectivity index (χ1n) is 11.2. The Bertz CT molecular complexity index is 857. The Morgan fingerprint density at radius 3 is 2.13 bits per heavy atom. The normalized spacial score (nSPS) is 17.2. The lowest BCUT2D eigenvalue weighted by Crippen LogP contribution is -2.34. The summed E-state index contributed by atoms with van der Waals surface area (Å²) in [7, 11) is 0. The quantitative estimate of drug-likeness (QED) is 0.514. The first-order chi connectivity index (χ1) is 15.2. The predicted octanol–water partition coefficient (Wildman–Crippen LogP) is 3.40. The number of phenols is 1. The van der Waals surface area contributed by atoms with Crippen LogP contribution in [0.5, 0.6) is 11.5 Å². The average Bonchev–Trinajstić information content (AvgIpc) is 2.82. The van der Waals surface area contributed by atoms with Crippen molar-refractivity contribution in [1.82, 2.24) is 15.0 Å². The molecule has 166 valence electrons. The topological polar surface area (TPSA) is 99.0 Å². The van der Waals surface area contributed by atoms with Crippen molar-refractivity contribution in [2.45, 2.75) is 45.4 Å². The molecule has 2 N–H and O–H groups in total. The summed E-state index contributed by atoms with van der Waals surface area (Å²) in [6.45, 7) is 6.26. The molecule has 0 atom stereocenters. The Morgan fingerprint density at radius 2 is 1.58 bits per heavy atom. The highest BCUT2D eigenvalue weighted by Gasteiger charge is 2.20. The lowest BCUT2D eigenvalue weighted by molar-refractivity contribution is 0.318. The molecule has 1 aromatic carbocycles. The number of benzene rings is 1. The van der Waals surface area contributed by atoms with E-state index in [4.69, 9.17) is 9.72 Å². The highest BCUT2D eigenvalue weighted by Crippen LogP contribution is 2.26. The number of hydrogen-bond donors (Lipinski definition) is 2. The maximum absolute atomic E-state index is 10.0. The van der Waals surface area contributed by atoms with Crippen LogP contribution in [0.3, 0.4) is 0 Å². The summed E-state index contributed by atoms with van der Waals surface area (Å²) < 4.78 is 5.36. The van der Waals surface area contributed by atoms with Crippen molar-refractivity contribution in [2.24, 2.45) is 5.10 Å². The van der Waals surface area contributed by atoms with Gasteiger partial charge in [0.15, 0.2) is 11.5 Å². The first kappa shape index (κ1) is 21.1. The second-order valence-electron chi connectivity index (χ2n) is 7.88. The van der Waals surface area contributed by atoms with Crippen LogP contribution in [0.1, 0.15) is 51.0 Å². The summed E-state index contributed by atoms with van der Waals surface area (Å²) >= 11 is 0. The molecule has 0 bridgehead atoms. The van der Waals surface area contributed by atoms with Crippen LogP contribution < -0.4 is 20.0 Å². The molecule has 2 aromatic rings. The maximum atomic E-state index is 10.0. The third kappa shape index (κ3) is 5.53. The molecule has 0 aliphatic carbocycles. The molecule has 0 radical (unpaired) electrons. The lowest BCUT2D eigenvalue weighted by atomic mass is 10.1. The van der Waals surface area contributed by atoms with Crippen LogP contribution in [0.4, 0.5) is 17.8 Å². The molecule has 9 nitrogen and oxygen atoms in total. The molecule has 2 aliphatic heterocycles. The standard InChI is InChI=1S/C22H31N7O2/c1-2-31-19-10-9-17(15-18(19)30)16-23-27-20-24-21(28-11-5-3-6-12-28)26-22(25-20)29-13-7-4-8-14-29/h9-10,15-16,30H,2-8,11-14H2,1H3,(H,24,25,26,27)/b23-16+. The van der Waals surface area contributed by atoms with Crippen molar-refractivity contribution in [3.63, 3.8) is 0 Å². The largest absolute Gasteiger partial charge is 0.504 e. The second kappa shape index (κ2) is 10.3. The lowest BCUT2D eigenvalue weighted by Gasteiger charge is -2.30. The second-order valence-corrected chi connectivity index (χ2v) is 7.88. The van der Waals surface area contributed by atoms with E-state index in [-0.39, 0.29) is 5.75 Å². The number of ether oxygens (including phenoxy) is 1. The number of aromatic hydroxyl groups is 1. The van der Waals surface area contributed by atoms with E-state index in [0.717, 1.165) is 57.4 Å². The molecule has 31 heavy (non-hydrogen) atoms. The van der Waals surface area contributed by atoms with Crippen LogP contribution in [-0.2, 0) is 0 Å². The molecule has 0 amide bonds. The SMILES string of the molecule is CCOc1ccc(/C=N/Nc2nc(N3CCCCC3)nc(N3CCCCC3)n2)cc1O. The van der Waals surface area contributed by atoms with Crippen molar-refractivity contribution >= 4 is 24.1 Å². The van der Waals surface area contributed by atoms with Crippen LogP contribution in [0.25, 0.3) is 0 Å². The van der Waals surface area contributed by atoms with Gasteiger partial charge in [-0.05, 0) is 69.2 Å². The van der Waals surface area contributed by atoms with E-state index in [2.05, 4.69) is 30.3 Å². The van der Waals surface area contributed by atoms with E-state index < -0.39 is 0 Å². The van der Waals surface area contributed by atoms with Gasteiger partial charge >= 0.3 is 0 Å². The van der Waals surface area contributed by atoms with Gasteiger partial charge in [0.1, 0.15) is 0 Å². The fourth-order valence-corrected chi connectivity index (χ4v) is 3.93. The summed E-state index contributed by atoms with van der Waals surface area (Å²) in [6.07, 6.45) is 8.77. The molecule has 2 aliphatic rings. The zero-order valence-corrected chi connectivity index (χ0v) is 18.1. The van der Waals surface area contributed by atoms with Crippen LogP contribution in [0.2, 0.25) is 0 Å². The van der Waals surface area contributed by atoms with E-state index in [1.54, 1.807) is 18.3 Å². The van der Waals surface area contributed by atoms with Gasteiger partial charge in [-0.15, -0.1) is 0 Å². The van der Waals surface area contributed by atoms with Gasteiger partial charge in [0.25, 0.3) is 0 Å². The van der Waals surface area contributed by atoms with E-state index >= 15 is 0 Å². The van der Waals surface area contributed by atoms with Crippen molar-refractivity contribution in [3.8, 4) is 11.5 Å². The summed E-state index contributed by atoms with van der Waals surface area (Å²) in [5, 5.41) is 14.3. The summed E-state index contributed by atoms with van der Waals surface area (Å²) in [5.41, 5.74) is 3.70. The molecular weight excluding hydrogens is 394 g/mol. The number of phenolic OH excluding ortho intramolecular Hbond substituents is 1. The summed E-state index contributed by atoms with van der Waals surface area (Å²) in [5.74, 6) is 2.41. The van der Waals surface area contributed by atoms with Crippen molar-refractivity contribution < 1.29 is 9.84 Å². The van der Waals surface area contributed by atoms with E-state index in [1.807, 2.05) is 13.0 Å². The van der Waals surface area contributed by atoms with E-state index in [1.165, 1.54) is 12.8 Å². The van der Waals surface area contributed by atoms with Crippen molar-refractivity contribution in [2.75, 3.05) is 48.0 Å². The average molecular weight is 426 g/mol. The molecule has 0 unspecified atom stereocenters. The number of nitrogens with one attached hydrogen (secondary N) is 1. The molecular formula is C22H31N7O2. The molecule has 3 heterocycles. The predicted molar refractivity (Wildman–Crippen MR) is 122 cm³/mol. The number of hydrogen-bond acceptors (Lipinski definition) is 9. The number of nitrogens with zero attached hydrogens (tertiary/aromatic N) is 6. The highest BCUT2D eigenvalue weighted by molar-refractivity contribution is 5.81. The molecule has 9 heteroatoms. The maximum Gasteiger partial charge on any atom is 0.250 e. The van der Waals surface area contributed by atoms with Gasteiger partial charge < -0.3 is 19.6 Å². The van der Waals surface area contributed by atoms with Crippen molar-refractivity contribution in [1.29, 1.82) is 0 Å². The molecule has 2 saturated heterocycles. The minimum absolute atomic E-state index is 0.0886. The minimum atomic E-state index is 0.0886. The monoisotopic (exact) mass is 425 g/mol. The zero-order valence-electron chi connectivity index (χ0n) is 18.1. The smallest absolute Gasteiger partial charge is 0.250 e. The molecule has 2 fully saturated rings. The molecule has 4 rings (SSSR count). The van der Waals surface area contributed by atoms with Gasteiger partial charge in [0, 0.05) is 26.2 Å². The van der Waals surface area contributed by atoms with Gasteiger partial charge in [0.2, 0.25) is 17.8 Å². The van der Waals surface area contributed by atoms with Crippen molar-refractivity contribution in [3.05, 3.63) is 23.8 Å². The Kier molecular flexibility index (Phi) is 7.01. The summed E-state index contributed by atoms with van der Waals surface area (Å²) in [4.78, 5) is 18.5. The Morgan fingerprint density at radius 1 is 0.968 bits per heavy atom. The van der Waals surface area contributed by atoms with Gasteiger partial charge in [-0.25, -0.2) is 5.43 Å². The van der Waals surface area contributed by atoms with E-state index in [0.29, 0.717) is 30.2 Å². The fraction of sp³-hybridized carbons (Fsp3) is 0.545. The molecule has 1 aromatic heterocycles. The number of aromatic nitrogens is 3. The summed E-state index contributed by atoms with van der Waals surface area (Å²) in [6, 6.07) is 5.18. The highest BCUT2D eigenvalue weighted by atomic mass is 16.5. The number of piperidine rings is 2. The zero-order chi connectivity index (χ0) is 21.5. The van der Waals surface area contributed by atoms with Crippen LogP contribution in [0.15, 0.2) is 23.3 Å². The fourth-order valence-electron chi connectivity index (χ4n) is 3.93. The number of hydrazone groups is 1. The number of rotatable bonds is 7. The molecule has 0 spiro atoms. The van der Waals surface area contributed by atoms with Gasteiger partial charge in [-0.3, -0.25) is 0 Å². The third-order valence-corrected chi connectivity index (χ3v) is 5.55. The van der Waals surface area contributed by atoms with Gasteiger partial charge in [-0.2, -0.15) is 20.1 Å². The molecule has 0 saturated carbocycles. The van der Waals surface area contributed by atoms with E-state index in [9.17, 15) is 5.11 Å². The third-order valence-electron chi connectivity index (χ3n) is 5.55. The van der Waals surface area contributed by atoms with Crippen LogP contribution in [0, 0.1) is 0 Å². The van der Waals surface area contributed by atoms with Gasteiger partial charge in [0.05, 0.1) is 12.8 Å². The Balaban J connectivity index is 1.52. The Hall–Kier alpha value is -3.10. The minimum Gasteiger partial charge on any atom is -0.504 e. The number of anilines is 3. The first-order valence-corrected chi connectivity index (χ1v) is 11.2. The van der Waals surface area contributed by atoms with Gasteiger partial charge in [-0.1, -0.05) is 0 Å². The Labute approximate surface area is 183 Å². The van der Waals surface area contributed by atoms with Crippen LogP contribution in [-0.4, -0.2) is 59.1 Å². The van der Waals surface area contributed by atoms with Crippen LogP contribution >= 0.6 is 0 Å².